The van der Waals surface area contributed by atoms with E-state index < -0.39 is 0 Å². The summed E-state index contributed by atoms with van der Waals surface area (Å²) < 4.78 is 6.99. The van der Waals surface area contributed by atoms with Crippen LogP contribution in [-0.2, 0) is 6.42 Å². The standard InChI is InChI=1S/C17H18BrNO/c1-2-19-16(12-6-4-3-5-7-12)15-11-14(18)10-13-8-9-20-17(13)15/h3-7,10-11,16,19H,2,8-9H2,1H3. The zero-order valence-electron chi connectivity index (χ0n) is 11.5. The van der Waals surface area contributed by atoms with Gasteiger partial charge in [-0.05, 0) is 29.8 Å². The third-order valence-corrected chi connectivity index (χ3v) is 4.09. The Hall–Kier alpha value is -1.32. The summed E-state index contributed by atoms with van der Waals surface area (Å²) >= 11 is 3.62. The van der Waals surface area contributed by atoms with Crippen molar-refractivity contribution in [1.29, 1.82) is 0 Å². The SMILES string of the molecule is CCNC(c1ccccc1)c1cc(Br)cc2c1OCC2. The molecule has 1 aliphatic heterocycles. The van der Waals surface area contributed by atoms with Gasteiger partial charge in [0.1, 0.15) is 5.75 Å². The van der Waals surface area contributed by atoms with Gasteiger partial charge in [0.05, 0.1) is 12.6 Å². The van der Waals surface area contributed by atoms with E-state index >= 15 is 0 Å². The van der Waals surface area contributed by atoms with Crippen molar-refractivity contribution in [1.82, 2.24) is 5.32 Å². The van der Waals surface area contributed by atoms with Gasteiger partial charge < -0.3 is 10.1 Å². The first-order valence-electron chi connectivity index (χ1n) is 7.03. The summed E-state index contributed by atoms with van der Waals surface area (Å²) in [6.07, 6.45) is 0.995. The molecule has 2 aromatic carbocycles. The van der Waals surface area contributed by atoms with Crippen molar-refractivity contribution in [3.8, 4) is 5.75 Å². The van der Waals surface area contributed by atoms with Crippen molar-refractivity contribution in [2.45, 2.75) is 19.4 Å². The van der Waals surface area contributed by atoms with Crippen LogP contribution in [0.2, 0.25) is 0 Å². The van der Waals surface area contributed by atoms with Gasteiger partial charge in [-0.2, -0.15) is 0 Å². The summed E-state index contributed by atoms with van der Waals surface area (Å²) in [6, 6.07) is 15.0. The molecule has 0 spiro atoms. The van der Waals surface area contributed by atoms with E-state index in [1.165, 1.54) is 16.7 Å². The van der Waals surface area contributed by atoms with Crippen LogP contribution in [0.4, 0.5) is 0 Å². The highest BCUT2D eigenvalue weighted by atomic mass is 79.9. The molecule has 0 saturated heterocycles. The molecule has 2 nitrogen and oxygen atoms in total. The zero-order chi connectivity index (χ0) is 13.9. The molecule has 20 heavy (non-hydrogen) atoms. The van der Waals surface area contributed by atoms with Crippen LogP contribution in [0.1, 0.15) is 29.7 Å². The van der Waals surface area contributed by atoms with Crippen LogP contribution in [0.25, 0.3) is 0 Å². The van der Waals surface area contributed by atoms with Crippen molar-refractivity contribution in [3.63, 3.8) is 0 Å². The Morgan fingerprint density at radius 2 is 2.05 bits per heavy atom. The number of hydrogen-bond donors (Lipinski definition) is 1. The molecule has 1 unspecified atom stereocenters. The second-order valence-corrected chi connectivity index (χ2v) is 5.90. The molecule has 2 aromatic rings. The Kier molecular flexibility index (Phi) is 4.08. The van der Waals surface area contributed by atoms with E-state index in [0.29, 0.717) is 0 Å². The monoisotopic (exact) mass is 331 g/mol. The zero-order valence-corrected chi connectivity index (χ0v) is 13.1. The van der Waals surface area contributed by atoms with Crippen LogP contribution in [0, 0.1) is 0 Å². The maximum Gasteiger partial charge on any atom is 0.127 e. The molecule has 1 N–H and O–H groups in total. The second kappa shape index (κ2) is 5.98. The van der Waals surface area contributed by atoms with E-state index in [2.05, 4.69) is 64.6 Å². The normalized spacial score (nSPS) is 14.7. The van der Waals surface area contributed by atoms with Crippen molar-refractivity contribution in [3.05, 3.63) is 63.6 Å². The summed E-state index contributed by atoms with van der Waals surface area (Å²) in [5.74, 6) is 1.06. The molecule has 3 heteroatoms. The average Bonchev–Trinajstić information content (AvgIpc) is 2.93. The van der Waals surface area contributed by atoms with E-state index in [9.17, 15) is 0 Å². The van der Waals surface area contributed by atoms with Gasteiger partial charge in [-0.15, -0.1) is 0 Å². The maximum absolute atomic E-state index is 5.87. The molecule has 0 amide bonds. The topological polar surface area (TPSA) is 21.3 Å². The average molecular weight is 332 g/mol. The number of benzene rings is 2. The smallest absolute Gasteiger partial charge is 0.127 e. The molecular formula is C17H18BrNO. The minimum atomic E-state index is 0.172. The number of ether oxygens (including phenoxy) is 1. The van der Waals surface area contributed by atoms with E-state index in [1.54, 1.807) is 0 Å². The van der Waals surface area contributed by atoms with Crippen LogP contribution >= 0.6 is 15.9 Å². The molecule has 0 aliphatic carbocycles. The molecule has 1 atom stereocenters. The molecule has 1 aliphatic rings. The third kappa shape index (κ3) is 2.60. The quantitative estimate of drug-likeness (QED) is 0.911. The fraction of sp³-hybridized carbons (Fsp3) is 0.294. The van der Waals surface area contributed by atoms with Gasteiger partial charge in [0, 0.05) is 16.5 Å². The fourth-order valence-electron chi connectivity index (χ4n) is 2.77. The van der Waals surface area contributed by atoms with Crippen molar-refractivity contribution in [2.24, 2.45) is 0 Å². The van der Waals surface area contributed by atoms with Gasteiger partial charge in [0.2, 0.25) is 0 Å². The van der Waals surface area contributed by atoms with E-state index in [4.69, 9.17) is 4.74 Å². The van der Waals surface area contributed by atoms with Gasteiger partial charge in [-0.25, -0.2) is 0 Å². The summed E-state index contributed by atoms with van der Waals surface area (Å²) in [4.78, 5) is 0. The Balaban J connectivity index is 2.09. The van der Waals surface area contributed by atoms with Crippen LogP contribution < -0.4 is 10.1 Å². The molecular weight excluding hydrogens is 314 g/mol. The second-order valence-electron chi connectivity index (χ2n) is 4.98. The summed E-state index contributed by atoms with van der Waals surface area (Å²) in [7, 11) is 0. The third-order valence-electron chi connectivity index (χ3n) is 3.63. The summed E-state index contributed by atoms with van der Waals surface area (Å²) in [5, 5.41) is 3.57. The lowest BCUT2D eigenvalue weighted by Crippen LogP contribution is -2.22. The minimum absolute atomic E-state index is 0.172. The molecule has 0 aromatic heterocycles. The van der Waals surface area contributed by atoms with E-state index in [0.717, 1.165) is 29.8 Å². The lowest BCUT2D eigenvalue weighted by atomic mass is 9.96. The Morgan fingerprint density at radius 1 is 1.25 bits per heavy atom. The predicted molar refractivity (Wildman–Crippen MR) is 85.3 cm³/mol. The molecule has 0 saturated carbocycles. The molecule has 0 fully saturated rings. The lowest BCUT2D eigenvalue weighted by Gasteiger charge is -2.21. The highest BCUT2D eigenvalue weighted by molar-refractivity contribution is 9.10. The first-order chi connectivity index (χ1) is 9.79. The van der Waals surface area contributed by atoms with Crippen LogP contribution in [0.5, 0.6) is 5.75 Å². The van der Waals surface area contributed by atoms with Crippen LogP contribution in [0.15, 0.2) is 46.9 Å². The predicted octanol–water partition coefficient (Wildman–Crippen LogP) is 4.08. The Bertz CT molecular complexity index is 597. The molecule has 0 radical (unpaired) electrons. The maximum atomic E-state index is 5.87. The summed E-state index contributed by atoms with van der Waals surface area (Å²) in [6.45, 7) is 3.84. The number of fused-ring (bicyclic) bond motifs is 1. The highest BCUT2D eigenvalue weighted by Gasteiger charge is 2.23. The molecule has 104 valence electrons. The Morgan fingerprint density at radius 3 is 2.80 bits per heavy atom. The fourth-order valence-corrected chi connectivity index (χ4v) is 3.29. The highest BCUT2D eigenvalue weighted by Crippen LogP contribution is 2.38. The van der Waals surface area contributed by atoms with Crippen molar-refractivity contribution < 1.29 is 4.74 Å². The van der Waals surface area contributed by atoms with Gasteiger partial charge in [0.15, 0.2) is 0 Å². The van der Waals surface area contributed by atoms with Gasteiger partial charge in [-0.1, -0.05) is 53.2 Å². The number of hydrogen-bond acceptors (Lipinski definition) is 2. The van der Waals surface area contributed by atoms with Gasteiger partial charge >= 0.3 is 0 Å². The van der Waals surface area contributed by atoms with E-state index in [1.807, 2.05) is 6.07 Å². The Labute approximate surface area is 128 Å². The number of nitrogens with one attached hydrogen (secondary N) is 1. The van der Waals surface area contributed by atoms with Gasteiger partial charge in [0.25, 0.3) is 0 Å². The van der Waals surface area contributed by atoms with E-state index in [-0.39, 0.29) is 6.04 Å². The van der Waals surface area contributed by atoms with Crippen molar-refractivity contribution in [2.75, 3.05) is 13.2 Å². The first kappa shape index (κ1) is 13.7. The summed E-state index contributed by atoms with van der Waals surface area (Å²) in [5.41, 5.74) is 3.79. The number of rotatable bonds is 4. The van der Waals surface area contributed by atoms with Crippen LogP contribution in [0.3, 0.4) is 0 Å². The van der Waals surface area contributed by atoms with Gasteiger partial charge in [-0.3, -0.25) is 0 Å². The molecule has 0 bridgehead atoms. The first-order valence-corrected chi connectivity index (χ1v) is 7.82. The largest absolute Gasteiger partial charge is 0.493 e. The lowest BCUT2D eigenvalue weighted by molar-refractivity contribution is 0.350. The minimum Gasteiger partial charge on any atom is -0.493 e. The molecule has 3 rings (SSSR count). The van der Waals surface area contributed by atoms with Crippen molar-refractivity contribution >= 4 is 15.9 Å². The number of halogens is 1. The molecule has 1 heterocycles. The van der Waals surface area contributed by atoms with Crippen LogP contribution in [-0.4, -0.2) is 13.2 Å².